The highest BCUT2D eigenvalue weighted by atomic mass is 16.5. The van der Waals surface area contributed by atoms with E-state index in [0.29, 0.717) is 40.2 Å². The third-order valence-electron chi connectivity index (χ3n) is 9.40. The fourth-order valence-corrected chi connectivity index (χ4v) is 6.46. The summed E-state index contributed by atoms with van der Waals surface area (Å²) in [5.74, 6) is -1.99. The Morgan fingerprint density at radius 2 is 1.55 bits per heavy atom. The molecule has 306 valence electrons. The second-order valence-electron chi connectivity index (χ2n) is 13.8. The molecule has 16 heteroatoms. The van der Waals surface area contributed by atoms with Gasteiger partial charge in [-0.15, -0.1) is 0 Å². The zero-order valence-electron chi connectivity index (χ0n) is 32.9. The van der Waals surface area contributed by atoms with Crippen molar-refractivity contribution < 1.29 is 33.4 Å². The summed E-state index contributed by atoms with van der Waals surface area (Å²) in [6.45, 7) is 4.18. The first kappa shape index (κ1) is 45.2. The number of likely N-dealkylation sites (N-methyl/N-ethyl adjacent to an activating group) is 1. The molecule has 5 amide bonds. The number of unbranched alkanes of at least 4 members (excludes halogenated alkanes) is 5. The average Bonchev–Trinajstić information content (AvgIpc) is 3.18. The van der Waals surface area contributed by atoms with E-state index in [1.807, 2.05) is 6.07 Å². The third kappa shape index (κ3) is 13.2. The van der Waals surface area contributed by atoms with E-state index < -0.39 is 47.8 Å². The summed E-state index contributed by atoms with van der Waals surface area (Å²) in [6, 6.07) is 7.51. The lowest BCUT2D eigenvalue weighted by Gasteiger charge is -2.32. The number of nitrogens with two attached hydrogens (primary N) is 3. The van der Waals surface area contributed by atoms with Crippen LogP contribution in [-0.2, 0) is 30.4 Å². The number of rotatable bonds is 20. The van der Waals surface area contributed by atoms with E-state index in [-0.39, 0.29) is 64.6 Å². The standard InChI is InChI=1S/C40H59N9O7/c1-4-5-6-7-8-9-10-35(50)47-31(15-16-41)40(54)49(3)36-28-12-14-34(56-22-19-44)30(25-28)29-23-27(11-13-33(29)55-21-18-43)24-32(38(52)45-20-17-42)48-37(51)26(2)46-39(36)53/h11-14,23,25-26,31-32,36H,4-10,15-16,18-22,24,41,43-44H2,1-3H3,(H,45,52)(H,46,53)(H,47,50)(H,48,51)/t26-,31-,32-,36-/m0/s1. The molecule has 0 unspecified atom stereocenters. The number of carbonyl (C=O) groups is 5. The molecule has 56 heavy (non-hydrogen) atoms. The van der Waals surface area contributed by atoms with E-state index in [0.717, 1.165) is 32.1 Å². The van der Waals surface area contributed by atoms with Gasteiger partial charge in [0.15, 0.2) is 0 Å². The van der Waals surface area contributed by atoms with Gasteiger partial charge in [-0.3, -0.25) is 24.0 Å². The summed E-state index contributed by atoms with van der Waals surface area (Å²) >= 11 is 0. The fourth-order valence-electron chi connectivity index (χ4n) is 6.46. The molecule has 4 atom stereocenters. The number of ether oxygens (including phenoxy) is 2. The molecular formula is C40H59N9O7. The number of hydrogen-bond acceptors (Lipinski definition) is 11. The van der Waals surface area contributed by atoms with Gasteiger partial charge in [-0.25, -0.2) is 0 Å². The van der Waals surface area contributed by atoms with Crippen LogP contribution in [0.15, 0.2) is 36.4 Å². The van der Waals surface area contributed by atoms with Crippen molar-refractivity contribution in [3.05, 3.63) is 47.5 Å². The van der Waals surface area contributed by atoms with Gasteiger partial charge >= 0.3 is 0 Å². The lowest BCUT2D eigenvalue weighted by molar-refractivity contribution is -0.143. The molecule has 1 aliphatic heterocycles. The van der Waals surface area contributed by atoms with Crippen molar-refractivity contribution in [3.8, 4) is 28.7 Å². The molecular weight excluding hydrogens is 718 g/mol. The number of benzene rings is 2. The van der Waals surface area contributed by atoms with Crippen molar-refractivity contribution in [1.82, 2.24) is 26.2 Å². The van der Waals surface area contributed by atoms with E-state index in [4.69, 9.17) is 31.9 Å². The first-order valence-electron chi connectivity index (χ1n) is 19.4. The molecule has 3 rings (SSSR count). The molecule has 1 aliphatic rings. The molecule has 4 bridgehead atoms. The lowest BCUT2D eigenvalue weighted by Crippen LogP contribution is -2.56. The minimum absolute atomic E-state index is 0.0273. The van der Waals surface area contributed by atoms with Crippen molar-refractivity contribution in [3.63, 3.8) is 0 Å². The van der Waals surface area contributed by atoms with Crippen LogP contribution in [0.1, 0.15) is 82.4 Å². The van der Waals surface area contributed by atoms with Crippen LogP contribution in [0.3, 0.4) is 0 Å². The summed E-state index contributed by atoms with van der Waals surface area (Å²) in [5.41, 5.74) is 19.5. The van der Waals surface area contributed by atoms with E-state index >= 15 is 0 Å². The SMILES string of the molecule is CCCCCCCCC(=O)N[C@@H](CCN)C(=O)N(C)[C@@H]1C(=O)N[C@@H](C)C(=O)N[C@H](C(=O)NCC#N)Cc2ccc(OCCN)c(c2)-c2cc1ccc2OCCN. The van der Waals surface area contributed by atoms with Crippen LogP contribution in [0.4, 0.5) is 0 Å². The Hall–Kier alpha value is -5.24. The number of nitrogens with zero attached hydrogens (tertiary/aromatic N) is 2. The number of hydrogen-bond donors (Lipinski definition) is 7. The molecule has 0 spiro atoms. The molecule has 2 aromatic carbocycles. The average molecular weight is 778 g/mol. The Morgan fingerprint density at radius 3 is 2.20 bits per heavy atom. The van der Waals surface area contributed by atoms with Gasteiger partial charge in [0, 0.05) is 44.1 Å². The van der Waals surface area contributed by atoms with Crippen LogP contribution in [0.5, 0.6) is 11.5 Å². The number of nitrogens with one attached hydrogen (secondary N) is 4. The minimum Gasteiger partial charge on any atom is -0.492 e. The zero-order valence-corrected chi connectivity index (χ0v) is 32.9. The highest BCUT2D eigenvalue weighted by molar-refractivity contribution is 5.96. The van der Waals surface area contributed by atoms with Gasteiger partial charge in [0.25, 0.3) is 0 Å². The van der Waals surface area contributed by atoms with Crippen LogP contribution in [0, 0.1) is 11.3 Å². The Kier molecular flexibility index (Phi) is 19.1. The highest BCUT2D eigenvalue weighted by Crippen LogP contribution is 2.40. The summed E-state index contributed by atoms with van der Waals surface area (Å²) < 4.78 is 12.1. The van der Waals surface area contributed by atoms with Gasteiger partial charge in [0.05, 0.1) is 6.07 Å². The van der Waals surface area contributed by atoms with Crippen LogP contribution in [0.2, 0.25) is 0 Å². The van der Waals surface area contributed by atoms with Gasteiger partial charge in [0.1, 0.15) is 55.4 Å². The number of nitriles is 1. The quantitative estimate of drug-likeness (QED) is 0.0745. The topological polar surface area (TPSA) is 257 Å². The molecule has 0 radical (unpaired) electrons. The first-order valence-corrected chi connectivity index (χ1v) is 19.4. The molecule has 0 saturated heterocycles. The molecule has 0 aliphatic carbocycles. The third-order valence-corrected chi connectivity index (χ3v) is 9.40. The largest absolute Gasteiger partial charge is 0.492 e. The van der Waals surface area contributed by atoms with Crippen LogP contribution >= 0.6 is 0 Å². The Bertz CT molecular complexity index is 1680. The summed E-state index contributed by atoms with van der Waals surface area (Å²) in [5, 5.41) is 19.8. The second-order valence-corrected chi connectivity index (χ2v) is 13.8. The Morgan fingerprint density at radius 1 is 0.911 bits per heavy atom. The fraction of sp³-hybridized carbons (Fsp3) is 0.550. The van der Waals surface area contributed by atoms with Crippen molar-refractivity contribution >= 4 is 29.5 Å². The van der Waals surface area contributed by atoms with Gasteiger partial charge in [0.2, 0.25) is 29.5 Å². The van der Waals surface area contributed by atoms with E-state index in [1.54, 1.807) is 36.4 Å². The van der Waals surface area contributed by atoms with Gasteiger partial charge < -0.3 is 52.8 Å². The molecule has 16 nitrogen and oxygen atoms in total. The molecule has 0 fully saturated rings. The monoisotopic (exact) mass is 777 g/mol. The second kappa shape index (κ2) is 23.6. The molecule has 0 saturated carbocycles. The predicted molar refractivity (Wildman–Crippen MR) is 212 cm³/mol. The van der Waals surface area contributed by atoms with Gasteiger partial charge in [-0.05, 0) is 61.7 Å². The highest BCUT2D eigenvalue weighted by Gasteiger charge is 2.36. The molecule has 1 heterocycles. The van der Waals surface area contributed by atoms with Crippen molar-refractivity contribution in [2.24, 2.45) is 17.2 Å². The number of carbonyl (C=O) groups excluding carboxylic acids is 5. The normalized spacial score (nSPS) is 17.3. The smallest absolute Gasteiger partial charge is 0.248 e. The minimum atomic E-state index is -1.31. The van der Waals surface area contributed by atoms with Gasteiger partial charge in [-0.2, -0.15) is 5.26 Å². The maximum atomic E-state index is 14.3. The molecule has 0 aromatic heterocycles. The predicted octanol–water partition coefficient (Wildman–Crippen LogP) is 1.30. The van der Waals surface area contributed by atoms with Crippen molar-refractivity contribution in [2.75, 3.05) is 46.4 Å². The number of fused-ring (bicyclic) bond motifs is 5. The first-order chi connectivity index (χ1) is 27.0. The summed E-state index contributed by atoms with van der Waals surface area (Å²) in [4.78, 5) is 69.7. The number of amides is 5. The van der Waals surface area contributed by atoms with Crippen LogP contribution in [-0.4, -0.2) is 99.0 Å². The zero-order chi connectivity index (χ0) is 41.0. The molecule has 10 N–H and O–H groups in total. The van der Waals surface area contributed by atoms with Crippen LogP contribution in [0.25, 0.3) is 11.1 Å². The Balaban J connectivity index is 2.15. The van der Waals surface area contributed by atoms with E-state index in [9.17, 15) is 24.0 Å². The van der Waals surface area contributed by atoms with Crippen molar-refractivity contribution in [2.45, 2.75) is 95.8 Å². The summed E-state index contributed by atoms with van der Waals surface area (Å²) in [7, 11) is 1.45. The molecule has 2 aromatic rings. The van der Waals surface area contributed by atoms with Gasteiger partial charge in [-0.1, -0.05) is 51.2 Å². The van der Waals surface area contributed by atoms with Crippen molar-refractivity contribution in [1.29, 1.82) is 5.26 Å². The van der Waals surface area contributed by atoms with E-state index in [1.165, 1.54) is 18.9 Å². The summed E-state index contributed by atoms with van der Waals surface area (Å²) in [6.07, 6.45) is 6.38. The lowest BCUT2D eigenvalue weighted by atomic mass is 9.93. The van der Waals surface area contributed by atoms with Crippen LogP contribution < -0.4 is 47.9 Å². The maximum absolute atomic E-state index is 14.3. The van der Waals surface area contributed by atoms with E-state index in [2.05, 4.69) is 28.2 Å². The Labute approximate surface area is 329 Å². The maximum Gasteiger partial charge on any atom is 0.248 e.